The fraction of sp³-hybridized carbons (Fsp3) is 0.571. The number of thiol groups is 1. The van der Waals surface area contributed by atoms with E-state index >= 15 is 0 Å². The number of rotatable bonds is 1. The van der Waals surface area contributed by atoms with Crippen LogP contribution in [0.4, 0.5) is 0 Å². The molecule has 0 saturated carbocycles. The summed E-state index contributed by atoms with van der Waals surface area (Å²) in [6.07, 6.45) is 1.71. The van der Waals surface area contributed by atoms with E-state index in [1.54, 1.807) is 6.20 Å². The predicted molar refractivity (Wildman–Crippen MR) is 43.3 cm³/mol. The lowest BCUT2D eigenvalue weighted by molar-refractivity contribution is 0.395. The molecular weight excluding hydrogens is 146 g/mol. The summed E-state index contributed by atoms with van der Waals surface area (Å²) < 4.78 is 4.74. The molecule has 0 bridgehead atoms. The van der Waals surface area contributed by atoms with Gasteiger partial charge in [0.1, 0.15) is 5.76 Å². The van der Waals surface area contributed by atoms with Gasteiger partial charge in [-0.05, 0) is 20.8 Å². The van der Waals surface area contributed by atoms with Crippen molar-refractivity contribution in [3.63, 3.8) is 0 Å². The van der Waals surface area contributed by atoms with Crippen molar-refractivity contribution in [2.45, 2.75) is 25.5 Å². The molecule has 0 atom stereocenters. The molecule has 0 radical (unpaired) electrons. The van der Waals surface area contributed by atoms with Crippen LogP contribution in [0, 0.1) is 6.92 Å². The molecule has 0 aromatic carbocycles. The molecule has 2 nitrogen and oxygen atoms in total. The summed E-state index contributed by atoms with van der Waals surface area (Å²) in [5, 5.41) is 3.66. The number of hydrogen-bond acceptors (Lipinski definition) is 3. The minimum atomic E-state index is -0.149. The van der Waals surface area contributed by atoms with Crippen LogP contribution in [-0.2, 0) is 4.75 Å². The molecule has 1 aromatic heterocycles. The Morgan fingerprint density at radius 3 is 2.40 bits per heavy atom. The van der Waals surface area contributed by atoms with Crippen LogP contribution in [0.15, 0.2) is 10.7 Å². The highest BCUT2D eigenvalue weighted by molar-refractivity contribution is 7.81. The van der Waals surface area contributed by atoms with E-state index < -0.39 is 0 Å². The molecule has 1 rings (SSSR count). The van der Waals surface area contributed by atoms with Gasteiger partial charge in [-0.1, -0.05) is 5.16 Å². The first-order valence-electron chi connectivity index (χ1n) is 3.16. The van der Waals surface area contributed by atoms with Gasteiger partial charge in [-0.15, -0.1) is 0 Å². The molecule has 3 heteroatoms. The molecule has 0 saturated heterocycles. The van der Waals surface area contributed by atoms with E-state index in [9.17, 15) is 0 Å². The molecule has 10 heavy (non-hydrogen) atoms. The van der Waals surface area contributed by atoms with Gasteiger partial charge in [0.25, 0.3) is 0 Å². The normalized spacial score (nSPS) is 12.0. The molecule has 56 valence electrons. The van der Waals surface area contributed by atoms with Gasteiger partial charge in [0.2, 0.25) is 0 Å². The van der Waals surface area contributed by atoms with Crippen LogP contribution in [0.5, 0.6) is 0 Å². The van der Waals surface area contributed by atoms with Crippen molar-refractivity contribution in [3.8, 4) is 0 Å². The van der Waals surface area contributed by atoms with E-state index in [0.717, 1.165) is 11.3 Å². The lowest BCUT2D eigenvalue weighted by atomic mass is 10.0. The fourth-order valence-corrected chi connectivity index (χ4v) is 1.10. The standard InChI is InChI=1S/C7H11NOS/c1-5-6(4-8-9-5)7(2,3)10/h4,10H,1-3H3. The third-order valence-corrected chi connectivity index (χ3v) is 1.65. The van der Waals surface area contributed by atoms with Crippen molar-refractivity contribution in [1.82, 2.24) is 5.16 Å². The fourth-order valence-electron chi connectivity index (χ4n) is 0.887. The van der Waals surface area contributed by atoms with E-state index in [0.29, 0.717) is 0 Å². The molecule has 1 heterocycles. The van der Waals surface area contributed by atoms with Crippen molar-refractivity contribution in [2.75, 3.05) is 0 Å². The van der Waals surface area contributed by atoms with Crippen molar-refractivity contribution >= 4 is 12.6 Å². The third-order valence-electron chi connectivity index (χ3n) is 1.41. The summed E-state index contributed by atoms with van der Waals surface area (Å²) in [5.74, 6) is 0.847. The molecule has 0 fully saturated rings. The summed E-state index contributed by atoms with van der Waals surface area (Å²) >= 11 is 4.38. The van der Waals surface area contributed by atoms with Crippen LogP contribution in [0.25, 0.3) is 0 Å². The third kappa shape index (κ3) is 1.34. The topological polar surface area (TPSA) is 26.0 Å². The lowest BCUT2D eigenvalue weighted by Gasteiger charge is -2.14. The minimum Gasteiger partial charge on any atom is -0.361 e. The summed E-state index contributed by atoms with van der Waals surface area (Å²) in [7, 11) is 0. The van der Waals surface area contributed by atoms with Gasteiger partial charge in [0, 0.05) is 10.3 Å². The van der Waals surface area contributed by atoms with E-state index in [4.69, 9.17) is 4.52 Å². The smallest absolute Gasteiger partial charge is 0.138 e. The van der Waals surface area contributed by atoms with Gasteiger partial charge in [0.15, 0.2) is 0 Å². The molecule has 0 unspecified atom stereocenters. The predicted octanol–water partition coefficient (Wildman–Crippen LogP) is 2.15. The van der Waals surface area contributed by atoms with Crippen molar-refractivity contribution < 1.29 is 4.52 Å². The van der Waals surface area contributed by atoms with Gasteiger partial charge < -0.3 is 4.52 Å². The molecule has 0 aliphatic heterocycles. The monoisotopic (exact) mass is 157 g/mol. The van der Waals surface area contributed by atoms with E-state index in [-0.39, 0.29) is 4.75 Å². The highest BCUT2D eigenvalue weighted by Crippen LogP contribution is 2.28. The molecule has 0 N–H and O–H groups in total. The Bertz CT molecular complexity index is 224. The molecule has 0 amide bonds. The largest absolute Gasteiger partial charge is 0.361 e. The van der Waals surface area contributed by atoms with Crippen LogP contribution < -0.4 is 0 Å². The first-order valence-corrected chi connectivity index (χ1v) is 3.60. The Balaban J connectivity index is 3.05. The highest BCUT2D eigenvalue weighted by atomic mass is 32.1. The Morgan fingerprint density at radius 2 is 2.20 bits per heavy atom. The van der Waals surface area contributed by atoms with Crippen molar-refractivity contribution in [1.29, 1.82) is 0 Å². The van der Waals surface area contributed by atoms with Crippen LogP contribution in [0.2, 0.25) is 0 Å². The van der Waals surface area contributed by atoms with Gasteiger partial charge in [0.05, 0.1) is 6.20 Å². The van der Waals surface area contributed by atoms with Crippen LogP contribution in [0.1, 0.15) is 25.2 Å². The van der Waals surface area contributed by atoms with E-state index in [1.807, 2.05) is 20.8 Å². The summed E-state index contributed by atoms with van der Waals surface area (Å²) in [4.78, 5) is 0. The van der Waals surface area contributed by atoms with Crippen molar-refractivity contribution in [3.05, 3.63) is 17.5 Å². The molecule has 0 aliphatic carbocycles. The van der Waals surface area contributed by atoms with E-state index in [2.05, 4.69) is 17.8 Å². The summed E-state index contributed by atoms with van der Waals surface area (Å²) in [6.45, 7) is 5.91. The Kier molecular flexibility index (Phi) is 1.77. The Morgan fingerprint density at radius 1 is 1.60 bits per heavy atom. The Hall–Kier alpha value is -0.440. The second-order valence-corrected chi connectivity index (χ2v) is 3.97. The first kappa shape index (κ1) is 7.66. The molecule has 1 aromatic rings. The maximum atomic E-state index is 4.89. The van der Waals surface area contributed by atoms with Gasteiger partial charge >= 0.3 is 0 Å². The first-order chi connectivity index (χ1) is 4.52. The SMILES string of the molecule is Cc1oncc1C(C)(C)S. The maximum absolute atomic E-state index is 4.89. The van der Waals surface area contributed by atoms with Crippen LogP contribution in [0.3, 0.4) is 0 Å². The zero-order valence-corrected chi connectivity index (χ0v) is 7.27. The maximum Gasteiger partial charge on any atom is 0.138 e. The van der Waals surface area contributed by atoms with Gasteiger partial charge in [-0.25, -0.2) is 0 Å². The minimum absolute atomic E-state index is 0.149. The van der Waals surface area contributed by atoms with Crippen molar-refractivity contribution in [2.24, 2.45) is 0 Å². The summed E-state index contributed by atoms with van der Waals surface area (Å²) in [5.41, 5.74) is 1.05. The molecule has 0 spiro atoms. The average Bonchev–Trinajstić information content (AvgIpc) is 2.11. The second kappa shape index (κ2) is 2.31. The second-order valence-electron chi connectivity index (χ2n) is 2.85. The zero-order chi connectivity index (χ0) is 7.78. The average molecular weight is 157 g/mol. The number of aromatic nitrogens is 1. The number of aryl methyl sites for hydroxylation is 1. The summed E-state index contributed by atoms with van der Waals surface area (Å²) in [6, 6.07) is 0. The van der Waals surface area contributed by atoms with E-state index in [1.165, 1.54) is 0 Å². The quantitative estimate of drug-likeness (QED) is 0.632. The Labute approximate surface area is 66.0 Å². The van der Waals surface area contributed by atoms with Crippen LogP contribution in [-0.4, -0.2) is 5.16 Å². The highest BCUT2D eigenvalue weighted by Gasteiger charge is 2.19. The van der Waals surface area contributed by atoms with Gasteiger partial charge in [-0.2, -0.15) is 12.6 Å². The number of nitrogens with zero attached hydrogens (tertiary/aromatic N) is 1. The number of hydrogen-bond donors (Lipinski definition) is 1. The zero-order valence-electron chi connectivity index (χ0n) is 6.38. The van der Waals surface area contributed by atoms with Crippen LogP contribution >= 0.6 is 12.6 Å². The van der Waals surface area contributed by atoms with Gasteiger partial charge in [-0.3, -0.25) is 0 Å². The lowest BCUT2D eigenvalue weighted by Crippen LogP contribution is -2.07. The molecule has 0 aliphatic rings. The molecular formula is C7H11NOS.